The molecule has 2 N–H and O–H groups in total. The monoisotopic (exact) mass is 499 g/mol. The van der Waals surface area contributed by atoms with E-state index in [4.69, 9.17) is 4.74 Å². The summed E-state index contributed by atoms with van der Waals surface area (Å²) in [6.45, 7) is 13.6. The number of fused-ring (bicyclic) bond motifs is 1. The highest BCUT2D eigenvalue weighted by Gasteiger charge is 2.15. The predicted molar refractivity (Wildman–Crippen MR) is 142 cm³/mol. The van der Waals surface area contributed by atoms with Crippen LogP contribution in [-0.4, -0.2) is 47.5 Å². The van der Waals surface area contributed by atoms with Gasteiger partial charge in [-0.3, -0.25) is 4.79 Å². The van der Waals surface area contributed by atoms with E-state index in [1.54, 1.807) is 12.1 Å². The summed E-state index contributed by atoms with van der Waals surface area (Å²) < 4.78 is 33.5. The number of ether oxygens (including phenoxy) is 1. The molecule has 4 rings (SSSR count). The van der Waals surface area contributed by atoms with Gasteiger partial charge in [0.25, 0.3) is 0 Å². The number of nitrogens with one attached hydrogen (secondary N) is 2. The van der Waals surface area contributed by atoms with Gasteiger partial charge in [0.05, 0.1) is 23.5 Å². The maximum Gasteiger partial charge on any atom is 0.247 e. The van der Waals surface area contributed by atoms with Gasteiger partial charge in [-0.25, -0.2) is 18.7 Å². The minimum Gasteiger partial charge on any atom is -0.492 e. The number of hydrogen-bond donors (Lipinski definition) is 2. The Morgan fingerprint density at radius 3 is 2.44 bits per heavy atom. The van der Waals surface area contributed by atoms with E-state index in [1.165, 1.54) is 51.3 Å². The first kappa shape index (κ1) is 28.6. The number of halogens is 2. The number of carbonyl (C=O) groups is 1. The molecule has 194 valence electrons. The van der Waals surface area contributed by atoms with Crippen LogP contribution in [0.5, 0.6) is 5.75 Å². The van der Waals surface area contributed by atoms with Gasteiger partial charge in [-0.2, -0.15) is 0 Å². The maximum absolute atomic E-state index is 14.4. The molecule has 0 spiro atoms. The molecule has 3 aromatic rings. The molecule has 1 fully saturated rings. The Morgan fingerprint density at radius 1 is 1.17 bits per heavy atom. The lowest BCUT2D eigenvalue weighted by atomic mass is 10.1. The van der Waals surface area contributed by atoms with Gasteiger partial charge in [-0.15, -0.1) is 0 Å². The van der Waals surface area contributed by atoms with Crippen molar-refractivity contribution in [2.45, 2.75) is 40.5 Å². The van der Waals surface area contributed by atoms with Crippen molar-refractivity contribution in [2.24, 2.45) is 0 Å². The number of rotatable bonds is 6. The topological polar surface area (TPSA) is 79.4 Å². The van der Waals surface area contributed by atoms with Crippen LogP contribution in [0.2, 0.25) is 0 Å². The molecule has 7 nitrogen and oxygen atoms in total. The number of nitrogens with zero attached hydrogens (tertiary/aromatic N) is 3. The zero-order valence-electron chi connectivity index (χ0n) is 21.6. The summed E-state index contributed by atoms with van der Waals surface area (Å²) >= 11 is 0. The van der Waals surface area contributed by atoms with Crippen LogP contribution in [0.4, 0.5) is 26.0 Å². The molecule has 36 heavy (non-hydrogen) atoms. The minimum atomic E-state index is -0.710. The van der Waals surface area contributed by atoms with Crippen LogP contribution in [0, 0.1) is 18.6 Å². The van der Waals surface area contributed by atoms with Gasteiger partial charge in [-0.05, 0) is 71.1 Å². The molecular weight excluding hydrogens is 464 g/mol. The average molecular weight is 500 g/mol. The van der Waals surface area contributed by atoms with Crippen molar-refractivity contribution in [2.75, 3.05) is 37.4 Å². The van der Waals surface area contributed by atoms with Gasteiger partial charge in [0, 0.05) is 17.0 Å². The van der Waals surface area contributed by atoms with E-state index in [0.717, 1.165) is 6.08 Å². The first-order valence-electron chi connectivity index (χ1n) is 12.1. The van der Waals surface area contributed by atoms with E-state index >= 15 is 0 Å². The highest BCUT2D eigenvalue weighted by molar-refractivity contribution is 6.03. The van der Waals surface area contributed by atoms with Crippen molar-refractivity contribution in [1.82, 2.24) is 14.9 Å². The van der Waals surface area contributed by atoms with E-state index in [0.29, 0.717) is 34.8 Å². The van der Waals surface area contributed by atoms with Gasteiger partial charge in [0.1, 0.15) is 23.7 Å². The summed E-state index contributed by atoms with van der Waals surface area (Å²) in [5, 5.41) is 6.05. The van der Waals surface area contributed by atoms with Crippen LogP contribution in [0.1, 0.15) is 39.2 Å². The third-order valence-electron chi connectivity index (χ3n) is 5.38. The molecule has 1 saturated heterocycles. The molecule has 0 unspecified atom stereocenters. The fourth-order valence-electron chi connectivity index (χ4n) is 3.50. The second kappa shape index (κ2) is 14.1. The Hall–Kier alpha value is -3.59. The molecular formula is C27H35F2N5O2. The number of aromatic nitrogens is 2. The first-order chi connectivity index (χ1) is 17.3. The molecule has 2 heterocycles. The zero-order chi connectivity index (χ0) is 26.7. The van der Waals surface area contributed by atoms with Crippen LogP contribution >= 0.6 is 0 Å². The van der Waals surface area contributed by atoms with Crippen LogP contribution < -0.4 is 15.4 Å². The highest BCUT2D eigenvalue weighted by atomic mass is 19.1. The molecule has 0 radical (unpaired) electrons. The number of hydrogen-bond acceptors (Lipinski definition) is 6. The van der Waals surface area contributed by atoms with Crippen LogP contribution in [0.25, 0.3) is 10.9 Å². The molecule has 1 aliphatic heterocycles. The quantitative estimate of drug-likeness (QED) is 0.392. The third kappa shape index (κ3) is 7.45. The molecule has 2 aromatic carbocycles. The predicted octanol–water partition coefficient (Wildman–Crippen LogP) is 6.22. The lowest BCUT2D eigenvalue weighted by Crippen LogP contribution is -2.10. The van der Waals surface area contributed by atoms with E-state index in [1.807, 2.05) is 20.8 Å². The van der Waals surface area contributed by atoms with Gasteiger partial charge in [0.15, 0.2) is 5.82 Å². The largest absolute Gasteiger partial charge is 0.492 e. The van der Waals surface area contributed by atoms with E-state index in [-0.39, 0.29) is 11.3 Å². The smallest absolute Gasteiger partial charge is 0.247 e. The van der Waals surface area contributed by atoms with Crippen LogP contribution in [-0.2, 0) is 4.79 Å². The van der Waals surface area contributed by atoms with Crippen molar-refractivity contribution in [3.63, 3.8) is 0 Å². The highest BCUT2D eigenvalue weighted by Crippen LogP contribution is 2.34. The molecule has 1 aromatic heterocycles. The summed E-state index contributed by atoms with van der Waals surface area (Å²) in [6.07, 6.45) is 5.28. The lowest BCUT2D eigenvalue weighted by molar-refractivity contribution is -0.111. The Kier molecular flexibility index (Phi) is 11.2. The normalized spacial score (nSPS) is 12.6. The zero-order valence-corrected chi connectivity index (χ0v) is 21.6. The molecule has 0 atom stereocenters. The summed E-state index contributed by atoms with van der Waals surface area (Å²) in [7, 11) is 2.17. The van der Waals surface area contributed by atoms with Crippen LogP contribution in [0.3, 0.4) is 0 Å². The van der Waals surface area contributed by atoms with Gasteiger partial charge in [0.2, 0.25) is 5.91 Å². The molecule has 0 aliphatic carbocycles. The fraction of sp³-hybridized carbons (Fsp3) is 0.370. The molecule has 1 amide bonds. The summed E-state index contributed by atoms with van der Waals surface area (Å²) in [5.74, 6) is -1.03. The lowest BCUT2D eigenvalue weighted by Gasteiger charge is -2.14. The molecule has 1 aliphatic rings. The SMILES string of the molecule is C=CC(=O)Nc1cc2c(Nc3ccc(F)c(C)c3F)ncnc2cc1OCC.CC.CN1CCCC1. The van der Waals surface area contributed by atoms with Crippen molar-refractivity contribution in [1.29, 1.82) is 0 Å². The first-order valence-corrected chi connectivity index (χ1v) is 12.1. The maximum atomic E-state index is 14.4. The minimum absolute atomic E-state index is 0.0736. The van der Waals surface area contributed by atoms with Crippen molar-refractivity contribution >= 4 is 34.0 Å². The molecule has 9 heteroatoms. The Bertz CT molecular complexity index is 1180. The second-order valence-electron chi connectivity index (χ2n) is 7.88. The summed E-state index contributed by atoms with van der Waals surface area (Å²) in [5.41, 5.74) is 0.898. The third-order valence-corrected chi connectivity index (χ3v) is 5.38. The average Bonchev–Trinajstić information content (AvgIpc) is 3.37. The number of carbonyl (C=O) groups excluding carboxylic acids is 1. The number of likely N-dealkylation sites (tertiary alicyclic amines) is 1. The second-order valence-corrected chi connectivity index (χ2v) is 7.88. The van der Waals surface area contributed by atoms with Crippen molar-refractivity contribution < 1.29 is 18.3 Å². The van der Waals surface area contributed by atoms with E-state index < -0.39 is 17.5 Å². The summed E-state index contributed by atoms with van der Waals surface area (Å²) in [6, 6.07) is 5.74. The van der Waals surface area contributed by atoms with E-state index in [2.05, 4.69) is 39.1 Å². The molecule has 0 saturated carbocycles. The van der Waals surface area contributed by atoms with Crippen molar-refractivity contribution in [3.8, 4) is 5.75 Å². The summed E-state index contributed by atoms with van der Waals surface area (Å²) in [4.78, 5) is 22.5. The number of anilines is 3. The Morgan fingerprint density at radius 2 is 1.86 bits per heavy atom. The van der Waals surface area contributed by atoms with Gasteiger partial charge >= 0.3 is 0 Å². The van der Waals surface area contributed by atoms with E-state index in [9.17, 15) is 13.6 Å². The van der Waals surface area contributed by atoms with Gasteiger partial charge < -0.3 is 20.3 Å². The van der Waals surface area contributed by atoms with Gasteiger partial charge in [-0.1, -0.05) is 20.4 Å². The number of amides is 1. The Balaban J connectivity index is 0.000000491. The Labute approximate surface area is 211 Å². The fourth-order valence-corrected chi connectivity index (χ4v) is 3.50. The standard InChI is InChI=1S/C20H18F2N4O2.C5H11N.C2H6/c1-4-18(27)25-16-8-12-15(9-17(16)28-5-2)23-10-24-20(12)26-14-7-6-13(21)11(3)19(14)22;1-6-4-2-3-5-6;1-2/h4,6-10H,1,5H2,2-3H3,(H,25,27)(H,23,24,26);2-5H2,1H3;1-2H3. The van der Waals surface area contributed by atoms with Crippen molar-refractivity contribution in [3.05, 3.63) is 60.4 Å². The van der Waals surface area contributed by atoms with Crippen LogP contribution in [0.15, 0.2) is 43.2 Å². The number of benzene rings is 2. The molecule has 0 bridgehead atoms.